The largest absolute Gasteiger partial charge is 0.416 e. The molecule has 0 aliphatic carbocycles. The number of rotatable bonds is 13. The van der Waals surface area contributed by atoms with Gasteiger partial charge in [-0.15, -0.1) is 10.2 Å². The summed E-state index contributed by atoms with van der Waals surface area (Å²) in [6.45, 7) is 2.28. The minimum absolute atomic E-state index is 0.0563. The van der Waals surface area contributed by atoms with Gasteiger partial charge in [0.15, 0.2) is 5.78 Å². The first-order valence-electron chi connectivity index (χ1n) is 11.2. The second kappa shape index (κ2) is 12.5. The van der Waals surface area contributed by atoms with Crippen LogP contribution in [0.4, 0.5) is 13.2 Å². The molecule has 188 valence electrons. The number of carbonyl (C=O) groups is 1. The average molecular weight is 492 g/mol. The molecule has 35 heavy (non-hydrogen) atoms. The zero-order valence-electron chi connectivity index (χ0n) is 19.4. The first kappa shape index (κ1) is 26.5. The van der Waals surface area contributed by atoms with Gasteiger partial charge in [-0.05, 0) is 47.4 Å². The van der Waals surface area contributed by atoms with Crippen molar-refractivity contribution in [1.82, 2.24) is 20.2 Å². The van der Waals surface area contributed by atoms with Crippen LogP contribution in [0.2, 0.25) is 0 Å². The highest BCUT2D eigenvalue weighted by molar-refractivity contribution is 5.97. The van der Waals surface area contributed by atoms with Crippen LogP contribution >= 0.6 is 0 Å². The molecule has 0 bridgehead atoms. The predicted octanol–water partition coefficient (Wildman–Crippen LogP) is 3.44. The summed E-state index contributed by atoms with van der Waals surface area (Å²) < 4.78 is 49.3. The molecule has 8 nitrogen and oxygen atoms in total. The van der Waals surface area contributed by atoms with Crippen molar-refractivity contribution < 1.29 is 27.4 Å². The maximum atomic E-state index is 12.9. The number of halogens is 3. The highest BCUT2D eigenvalue weighted by Crippen LogP contribution is 2.30. The van der Waals surface area contributed by atoms with E-state index in [1.807, 2.05) is 0 Å². The predicted molar refractivity (Wildman–Crippen MR) is 123 cm³/mol. The van der Waals surface area contributed by atoms with Crippen molar-refractivity contribution in [3.05, 3.63) is 64.7 Å². The van der Waals surface area contributed by atoms with Crippen molar-refractivity contribution in [2.45, 2.75) is 25.4 Å². The van der Waals surface area contributed by atoms with Gasteiger partial charge in [0, 0.05) is 30.7 Å². The summed E-state index contributed by atoms with van der Waals surface area (Å²) in [5.74, 6) is 0.282. The lowest BCUT2D eigenvalue weighted by molar-refractivity contribution is -0.137. The Kier molecular flexibility index (Phi) is 9.47. The van der Waals surface area contributed by atoms with Crippen LogP contribution in [0.1, 0.15) is 39.9 Å². The molecule has 1 heterocycles. The lowest BCUT2D eigenvalue weighted by Crippen LogP contribution is -2.12. The number of aromatic nitrogens is 4. The number of ether oxygens (including phenoxy) is 2. The van der Waals surface area contributed by atoms with E-state index in [0.717, 1.165) is 17.7 Å². The molecule has 0 saturated carbocycles. The van der Waals surface area contributed by atoms with E-state index >= 15 is 0 Å². The minimum Gasteiger partial charge on any atom is -0.379 e. The number of aryl methyl sites for hydroxylation is 1. The Morgan fingerprint density at radius 1 is 1.03 bits per heavy atom. The number of hydrogen-bond donors (Lipinski definition) is 1. The van der Waals surface area contributed by atoms with Crippen LogP contribution in [0, 0.1) is 0 Å². The lowest BCUT2D eigenvalue weighted by atomic mass is 9.95. The molecular weight excluding hydrogens is 463 g/mol. The van der Waals surface area contributed by atoms with Crippen molar-refractivity contribution in [1.29, 1.82) is 0 Å². The van der Waals surface area contributed by atoms with E-state index in [9.17, 15) is 18.0 Å². The third kappa shape index (κ3) is 7.94. The molecule has 1 aromatic heterocycles. The summed E-state index contributed by atoms with van der Waals surface area (Å²) in [5.41, 5.74) is 7.21. The molecular formula is C24H28F3N5O3. The number of alkyl halides is 3. The van der Waals surface area contributed by atoms with E-state index in [0.29, 0.717) is 74.7 Å². The van der Waals surface area contributed by atoms with Crippen molar-refractivity contribution in [3.8, 4) is 11.4 Å². The van der Waals surface area contributed by atoms with Crippen LogP contribution < -0.4 is 5.73 Å². The highest BCUT2D eigenvalue weighted by Gasteiger charge is 2.30. The summed E-state index contributed by atoms with van der Waals surface area (Å²) in [6.07, 6.45) is -3.18. The van der Waals surface area contributed by atoms with Crippen LogP contribution in [0.5, 0.6) is 0 Å². The molecule has 0 fully saturated rings. The quantitative estimate of drug-likeness (QED) is 0.288. The fraction of sp³-hybridized carbons (Fsp3) is 0.417. The zero-order chi connectivity index (χ0) is 25.3. The number of tetrazole rings is 1. The van der Waals surface area contributed by atoms with Crippen molar-refractivity contribution in [3.63, 3.8) is 0 Å². The van der Waals surface area contributed by atoms with Gasteiger partial charge >= 0.3 is 6.18 Å². The van der Waals surface area contributed by atoms with E-state index in [1.54, 1.807) is 25.2 Å². The summed E-state index contributed by atoms with van der Waals surface area (Å²) in [7, 11) is 1.63. The lowest BCUT2D eigenvalue weighted by Gasteiger charge is -2.11. The Morgan fingerprint density at radius 2 is 1.74 bits per heavy atom. The third-order valence-corrected chi connectivity index (χ3v) is 5.18. The standard InChI is InChI=1S/C24H28F3N5O3/c1-32-30-23(29-31-32)21-16-19(22(33)3-2-11-34-13-14-35-12-10-28)7-6-18(21)15-17-4-8-20(9-5-17)24(25,26)27/h4-9,16H,2-3,10-15,28H2,1H3. The van der Waals surface area contributed by atoms with Gasteiger partial charge in [0.05, 0.1) is 32.4 Å². The molecule has 0 saturated heterocycles. The average Bonchev–Trinajstić information content (AvgIpc) is 3.26. The molecule has 2 aromatic carbocycles. The summed E-state index contributed by atoms with van der Waals surface area (Å²) in [6, 6.07) is 10.2. The highest BCUT2D eigenvalue weighted by atomic mass is 19.4. The molecule has 0 unspecified atom stereocenters. The smallest absolute Gasteiger partial charge is 0.379 e. The summed E-state index contributed by atoms with van der Waals surface area (Å²) in [4.78, 5) is 14.1. The van der Waals surface area contributed by atoms with Crippen molar-refractivity contribution in [2.24, 2.45) is 12.8 Å². The van der Waals surface area contributed by atoms with Gasteiger partial charge < -0.3 is 15.2 Å². The van der Waals surface area contributed by atoms with Gasteiger partial charge in [-0.25, -0.2) is 0 Å². The fourth-order valence-corrected chi connectivity index (χ4v) is 3.42. The molecule has 11 heteroatoms. The van der Waals surface area contributed by atoms with Crippen molar-refractivity contribution in [2.75, 3.05) is 33.0 Å². The normalized spacial score (nSPS) is 11.7. The van der Waals surface area contributed by atoms with Crippen LogP contribution in [-0.2, 0) is 29.1 Å². The first-order valence-corrected chi connectivity index (χ1v) is 11.2. The Hall–Kier alpha value is -3.15. The Morgan fingerprint density at radius 3 is 2.37 bits per heavy atom. The minimum atomic E-state index is -4.39. The maximum Gasteiger partial charge on any atom is 0.416 e. The SMILES string of the molecule is Cn1nnc(-c2cc(C(=O)CCCOCCOCCN)ccc2Cc2ccc(C(F)(F)F)cc2)n1. The van der Waals surface area contributed by atoms with Gasteiger partial charge in [0.1, 0.15) is 0 Å². The molecule has 0 radical (unpaired) electrons. The van der Waals surface area contributed by atoms with Gasteiger partial charge in [-0.1, -0.05) is 24.3 Å². The van der Waals surface area contributed by atoms with E-state index < -0.39 is 11.7 Å². The molecule has 0 spiro atoms. The number of nitrogens with two attached hydrogens (primary N) is 1. The van der Waals surface area contributed by atoms with Crippen LogP contribution in [-0.4, -0.2) is 59.0 Å². The van der Waals surface area contributed by atoms with Crippen molar-refractivity contribution >= 4 is 5.78 Å². The molecule has 2 N–H and O–H groups in total. The van der Waals surface area contributed by atoms with Gasteiger partial charge in [0.25, 0.3) is 0 Å². The fourth-order valence-electron chi connectivity index (χ4n) is 3.42. The van der Waals surface area contributed by atoms with E-state index in [2.05, 4.69) is 15.4 Å². The number of ketones is 1. The van der Waals surface area contributed by atoms with Gasteiger partial charge in [-0.2, -0.15) is 18.0 Å². The molecule has 3 aromatic rings. The number of carbonyl (C=O) groups excluding carboxylic acids is 1. The number of hydrogen-bond acceptors (Lipinski definition) is 7. The molecule has 0 atom stereocenters. The number of nitrogens with zero attached hydrogens (tertiary/aromatic N) is 4. The molecule has 0 aliphatic heterocycles. The summed E-state index contributed by atoms with van der Waals surface area (Å²) in [5, 5.41) is 12.2. The van der Waals surface area contributed by atoms with E-state index in [4.69, 9.17) is 15.2 Å². The number of Topliss-reactive ketones (excluding diaryl/α,β-unsaturated/α-hetero) is 1. The second-order valence-electron chi connectivity index (χ2n) is 7.89. The molecule has 0 aliphatic rings. The van der Waals surface area contributed by atoms with Gasteiger partial charge in [0.2, 0.25) is 5.82 Å². The number of benzene rings is 2. The van der Waals surface area contributed by atoms with E-state index in [1.165, 1.54) is 16.9 Å². The molecule has 3 rings (SSSR count). The second-order valence-corrected chi connectivity index (χ2v) is 7.89. The van der Waals surface area contributed by atoms with Crippen LogP contribution in [0.3, 0.4) is 0 Å². The molecule has 0 amide bonds. The first-order chi connectivity index (χ1) is 16.8. The van der Waals surface area contributed by atoms with Crippen LogP contribution in [0.15, 0.2) is 42.5 Å². The van der Waals surface area contributed by atoms with Crippen LogP contribution in [0.25, 0.3) is 11.4 Å². The maximum absolute atomic E-state index is 12.9. The topological polar surface area (TPSA) is 105 Å². The zero-order valence-corrected chi connectivity index (χ0v) is 19.4. The monoisotopic (exact) mass is 491 g/mol. The third-order valence-electron chi connectivity index (χ3n) is 5.18. The summed E-state index contributed by atoms with van der Waals surface area (Å²) >= 11 is 0. The van der Waals surface area contributed by atoms with Gasteiger partial charge in [-0.3, -0.25) is 4.79 Å². The Labute approximate surface area is 201 Å². The Balaban J connectivity index is 1.68. The Bertz CT molecular complexity index is 1100. The van der Waals surface area contributed by atoms with E-state index in [-0.39, 0.29) is 5.78 Å².